The van der Waals surface area contributed by atoms with Crippen molar-refractivity contribution in [2.24, 2.45) is 4.99 Å². The van der Waals surface area contributed by atoms with Gasteiger partial charge in [0.25, 0.3) is 0 Å². The molecule has 3 aromatic carbocycles. The van der Waals surface area contributed by atoms with Crippen LogP contribution >= 0.6 is 12.2 Å². The summed E-state index contributed by atoms with van der Waals surface area (Å²) >= 11 is 4.47. The molecule has 3 aromatic rings. The highest BCUT2D eigenvalue weighted by atomic mass is 32.1. The van der Waals surface area contributed by atoms with Crippen LogP contribution in [0, 0.1) is 29.3 Å². The lowest BCUT2D eigenvalue weighted by Gasteiger charge is -2.06. The van der Waals surface area contributed by atoms with Crippen molar-refractivity contribution in [1.29, 1.82) is 0 Å². The van der Waals surface area contributed by atoms with Crippen molar-refractivity contribution in [1.82, 2.24) is 0 Å². The fourth-order valence-corrected chi connectivity index (χ4v) is 2.97. The molecule has 0 saturated heterocycles. The number of aryl methyl sites for hydroxylation is 1. The Labute approximate surface area is 172 Å². The topological polar surface area (TPSA) is 12.4 Å². The summed E-state index contributed by atoms with van der Waals surface area (Å²) in [5, 5.41) is 2.14. The van der Waals surface area contributed by atoms with Gasteiger partial charge >= 0.3 is 0 Å². The average molecular weight is 407 g/mol. The van der Waals surface area contributed by atoms with E-state index >= 15 is 0 Å². The minimum atomic E-state index is -0.799. The molecule has 0 atom stereocenters. The van der Waals surface area contributed by atoms with Gasteiger partial charge in [0.05, 0.1) is 22.0 Å². The summed E-state index contributed by atoms with van der Waals surface area (Å²) < 4.78 is 43.0. The van der Waals surface area contributed by atoms with Crippen LogP contribution in [0.2, 0.25) is 0 Å². The van der Waals surface area contributed by atoms with Crippen LogP contribution in [0.5, 0.6) is 0 Å². The number of benzene rings is 3. The van der Waals surface area contributed by atoms with Crippen molar-refractivity contribution >= 4 is 23.1 Å². The highest BCUT2D eigenvalue weighted by Crippen LogP contribution is 2.25. The number of nitrogens with zero attached hydrogens (tertiary/aromatic N) is 1. The highest BCUT2D eigenvalue weighted by Gasteiger charge is 2.11. The predicted molar refractivity (Wildman–Crippen MR) is 113 cm³/mol. The number of hydrogen-bond donors (Lipinski definition) is 0. The van der Waals surface area contributed by atoms with Crippen molar-refractivity contribution in [2.45, 2.75) is 19.8 Å². The predicted octanol–water partition coefficient (Wildman–Crippen LogP) is 6.86. The third-order valence-electron chi connectivity index (χ3n) is 4.32. The molecule has 0 amide bonds. The van der Waals surface area contributed by atoms with Crippen LogP contribution in [0.25, 0.3) is 11.1 Å². The van der Waals surface area contributed by atoms with E-state index in [1.54, 1.807) is 0 Å². The van der Waals surface area contributed by atoms with Crippen LogP contribution < -0.4 is 0 Å². The molecule has 3 rings (SSSR count). The van der Waals surface area contributed by atoms with E-state index in [9.17, 15) is 13.2 Å². The first-order valence-corrected chi connectivity index (χ1v) is 9.40. The summed E-state index contributed by atoms with van der Waals surface area (Å²) in [7, 11) is 0. The second kappa shape index (κ2) is 9.34. The van der Waals surface area contributed by atoms with Crippen molar-refractivity contribution in [3.05, 3.63) is 88.7 Å². The van der Waals surface area contributed by atoms with Gasteiger partial charge in [0.15, 0.2) is 0 Å². The fourth-order valence-electron chi connectivity index (χ4n) is 2.87. The third kappa shape index (κ3) is 5.00. The lowest BCUT2D eigenvalue weighted by molar-refractivity contribution is 0.578. The first-order valence-electron chi connectivity index (χ1n) is 8.99. The van der Waals surface area contributed by atoms with E-state index in [0.29, 0.717) is 11.1 Å². The molecule has 0 aliphatic rings. The van der Waals surface area contributed by atoms with E-state index in [-0.39, 0.29) is 11.3 Å². The highest BCUT2D eigenvalue weighted by molar-refractivity contribution is 7.78. The van der Waals surface area contributed by atoms with Gasteiger partial charge in [-0.25, -0.2) is 13.2 Å². The van der Waals surface area contributed by atoms with Gasteiger partial charge in [0.1, 0.15) is 17.5 Å². The normalized spacial score (nSPS) is 10.1. The zero-order valence-electron chi connectivity index (χ0n) is 15.6. The minimum Gasteiger partial charge on any atom is -0.206 e. The Hall–Kier alpha value is -3.19. The third-order valence-corrected chi connectivity index (χ3v) is 4.41. The van der Waals surface area contributed by atoms with Crippen LogP contribution in [-0.2, 0) is 6.42 Å². The molecule has 0 aromatic heterocycles. The molecule has 0 unspecified atom stereocenters. The molecule has 144 valence electrons. The summed E-state index contributed by atoms with van der Waals surface area (Å²) in [5.41, 5.74) is 2.18. The maximum atomic E-state index is 14.5. The molecule has 29 heavy (non-hydrogen) atoms. The zero-order valence-corrected chi connectivity index (χ0v) is 16.4. The summed E-state index contributed by atoms with van der Waals surface area (Å²) in [5.74, 6) is 2.60. The van der Waals surface area contributed by atoms with Crippen LogP contribution in [0.15, 0.2) is 59.6 Å². The largest absolute Gasteiger partial charge is 0.206 e. The second-order valence-electron chi connectivity index (χ2n) is 6.38. The Kier molecular flexibility index (Phi) is 6.61. The number of rotatable bonds is 4. The van der Waals surface area contributed by atoms with Crippen molar-refractivity contribution in [2.75, 3.05) is 0 Å². The molecule has 0 aliphatic carbocycles. The Bertz CT molecular complexity index is 1130. The summed E-state index contributed by atoms with van der Waals surface area (Å²) in [6.45, 7) is 2.09. The van der Waals surface area contributed by atoms with Crippen LogP contribution in [-0.4, -0.2) is 5.16 Å². The Morgan fingerprint density at radius 1 is 0.828 bits per heavy atom. The van der Waals surface area contributed by atoms with E-state index in [0.717, 1.165) is 18.9 Å². The molecule has 0 fully saturated rings. The molecule has 0 bridgehead atoms. The van der Waals surface area contributed by atoms with E-state index in [1.165, 1.54) is 29.8 Å². The fraction of sp³-hybridized carbons (Fsp3) is 0.125. The number of thiocarbonyl (C=S) groups is 1. The van der Waals surface area contributed by atoms with Gasteiger partial charge in [-0.2, -0.15) is 4.99 Å². The van der Waals surface area contributed by atoms with Gasteiger partial charge in [-0.1, -0.05) is 49.5 Å². The van der Waals surface area contributed by atoms with Crippen LogP contribution in [0.4, 0.5) is 18.9 Å². The van der Waals surface area contributed by atoms with Crippen LogP contribution in [0.3, 0.4) is 0 Å². The molecule has 0 heterocycles. The van der Waals surface area contributed by atoms with Crippen LogP contribution in [0.1, 0.15) is 30.0 Å². The van der Waals surface area contributed by atoms with Gasteiger partial charge in [-0.15, -0.1) is 0 Å². The number of halogens is 3. The summed E-state index contributed by atoms with van der Waals surface area (Å²) in [6.07, 6.45) is 1.98. The van der Waals surface area contributed by atoms with Gasteiger partial charge < -0.3 is 0 Å². The zero-order chi connectivity index (χ0) is 20.8. The molecule has 0 aliphatic heterocycles. The maximum absolute atomic E-state index is 14.5. The SMILES string of the molecule is CCCc1ccc(-c2cc(F)c(C#Cc3ccc(N=C=S)cc3F)c(F)c2)cc1. The standard InChI is InChI=1S/C24H16F3NS/c1-2-3-16-4-6-17(7-5-16)19-12-23(26)21(24(27)13-19)11-9-18-8-10-20(28-15-29)14-22(18)25/h4-8,10,12-14H,2-3H2,1H3. The molecule has 1 nitrogen and oxygen atoms in total. The van der Waals surface area contributed by atoms with E-state index in [4.69, 9.17) is 0 Å². The Morgan fingerprint density at radius 2 is 1.52 bits per heavy atom. The first kappa shape index (κ1) is 20.5. The number of hydrogen-bond acceptors (Lipinski definition) is 2. The van der Waals surface area contributed by atoms with Crippen molar-refractivity contribution < 1.29 is 13.2 Å². The number of aliphatic imine (C=N–C) groups is 1. The van der Waals surface area contributed by atoms with Gasteiger partial charge in [0.2, 0.25) is 0 Å². The quantitative estimate of drug-likeness (QED) is 0.261. The summed E-state index contributed by atoms with van der Waals surface area (Å²) in [6, 6.07) is 14.0. The first-order chi connectivity index (χ1) is 14.0. The molecule has 0 radical (unpaired) electrons. The second-order valence-corrected chi connectivity index (χ2v) is 6.56. The molecular weight excluding hydrogens is 391 g/mol. The molecule has 0 saturated carbocycles. The van der Waals surface area contributed by atoms with Gasteiger partial charge in [-0.3, -0.25) is 0 Å². The molecule has 0 spiro atoms. The average Bonchev–Trinajstić information content (AvgIpc) is 2.70. The maximum Gasteiger partial charge on any atom is 0.142 e. The lowest BCUT2D eigenvalue weighted by Crippen LogP contribution is -1.93. The van der Waals surface area contributed by atoms with Crippen molar-refractivity contribution in [3.63, 3.8) is 0 Å². The Morgan fingerprint density at radius 3 is 2.10 bits per heavy atom. The lowest BCUT2D eigenvalue weighted by atomic mass is 10.0. The molecule has 5 heteroatoms. The number of isothiocyanates is 1. The van der Waals surface area contributed by atoms with E-state index < -0.39 is 23.0 Å². The van der Waals surface area contributed by atoms with Gasteiger partial charge in [-0.05, 0) is 59.6 Å². The van der Waals surface area contributed by atoms with E-state index in [1.807, 2.05) is 24.3 Å². The summed E-state index contributed by atoms with van der Waals surface area (Å²) in [4.78, 5) is 3.67. The monoisotopic (exact) mass is 407 g/mol. The Balaban J connectivity index is 1.91. The minimum absolute atomic E-state index is 0.00251. The van der Waals surface area contributed by atoms with Gasteiger partial charge in [0, 0.05) is 6.07 Å². The smallest absolute Gasteiger partial charge is 0.142 e. The van der Waals surface area contributed by atoms with E-state index in [2.05, 4.69) is 41.1 Å². The molecule has 0 N–H and O–H groups in total. The van der Waals surface area contributed by atoms with Crippen molar-refractivity contribution in [3.8, 4) is 23.0 Å². The molecular formula is C24H16F3NS.